The minimum absolute atomic E-state index is 0.172. The third-order valence-electron chi connectivity index (χ3n) is 3.72. The summed E-state index contributed by atoms with van der Waals surface area (Å²) in [7, 11) is 0. The van der Waals surface area contributed by atoms with Gasteiger partial charge in [0.2, 0.25) is 0 Å². The predicted molar refractivity (Wildman–Crippen MR) is 86.1 cm³/mol. The fourth-order valence-electron chi connectivity index (χ4n) is 2.41. The number of hydrogen-bond donors (Lipinski definition) is 2. The zero-order valence-corrected chi connectivity index (χ0v) is 13.7. The Morgan fingerprint density at radius 1 is 0.550 bits per heavy atom. The molecule has 0 aromatic rings. The van der Waals surface area contributed by atoms with Crippen LogP contribution in [0, 0.1) is 0 Å². The van der Waals surface area contributed by atoms with Crippen LogP contribution in [0.1, 0.15) is 52.4 Å². The molecule has 0 bridgehead atoms. The van der Waals surface area contributed by atoms with Crippen LogP contribution in [0.25, 0.3) is 0 Å². The predicted octanol–water partition coefficient (Wildman–Crippen LogP) is 1.96. The van der Waals surface area contributed by atoms with Gasteiger partial charge in [-0.15, -0.1) is 0 Å². The highest BCUT2D eigenvalue weighted by molar-refractivity contribution is 4.64. The summed E-state index contributed by atoms with van der Waals surface area (Å²) in [5.41, 5.74) is 0. The van der Waals surface area contributed by atoms with Gasteiger partial charge in [0, 0.05) is 26.2 Å². The first kappa shape index (κ1) is 19.8. The van der Waals surface area contributed by atoms with Crippen molar-refractivity contribution in [3.05, 3.63) is 0 Å². The number of aliphatic hydroxyl groups excluding tert-OH is 2. The fourth-order valence-corrected chi connectivity index (χ4v) is 2.41. The molecule has 0 saturated heterocycles. The van der Waals surface area contributed by atoms with Gasteiger partial charge in [-0.2, -0.15) is 0 Å². The van der Waals surface area contributed by atoms with E-state index in [-0.39, 0.29) is 13.2 Å². The summed E-state index contributed by atoms with van der Waals surface area (Å²) in [6.07, 6.45) is 7.71. The molecular formula is C16H36N2O2. The van der Waals surface area contributed by atoms with E-state index >= 15 is 0 Å². The molecule has 0 fully saturated rings. The molecule has 0 atom stereocenters. The maximum Gasteiger partial charge on any atom is 0.0558 e. The van der Waals surface area contributed by atoms with E-state index in [1.165, 1.54) is 51.6 Å². The van der Waals surface area contributed by atoms with Gasteiger partial charge in [0.15, 0.2) is 0 Å². The van der Waals surface area contributed by atoms with Crippen molar-refractivity contribution < 1.29 is 10.2 Å². The van der Waals surface area contributed by atoms with Gasteiger partial charge in [0.25, 0.3) is 0 Å². The molecule has 2 N–H and O–H groups in total. The van der Waals surface area contributed by atoms with Crippen LogP contribution in [0.5, 0.6) is 0 Å². The molecule has 0 aliphatic carbocycles. The molecule has 0 rings (SSSR count). The Kier molecular flexibility index (Phi) is 15.1. The van der Waals surface area contributed by atoms with Gasteiger partial charge in [-0.1, -0.05) is 39.5 Å². The van der Waals surface area contributed by atoms with Crippen molar-refractivity contribution in [3.63, 3.8) is 0 Å². The lowest BCUT2D eigenvalue weighted by atomic mass is 10.2. The minimum atomic E-state index is 0.172. The lowest BCUT2D eigenvalue weighted by Crippen LogP contribution is -2.38. The molecule has 0 unspecified atom stereocenters. The molecule has 122 valence electrons. The monoisotopic (exact) mass is 288 g/mol. The number of unbranched alkanes of at least 4 members (excludes halogenated alkanes) is 4. The Balaban J connectivity index is 4.01. The molecule has 4 heteroatoms. The first-order valence-electron chi connectivity index (χ1n) is 8.44. The molecule has 0 heterocycles. The number of hydrogen-bond acceptors (Lipinski definition) is 4. The summed E-state index contributed by atoms with van der Waals surface area (Å²) in [4.78, 5) is 4.69. The molecule has 0 aromatic carbocycles. The van der Waals surface area contributed by atoms with Crippen molar-refractivity contribution in [1.82, 2.24) is 9.80 Å². The molecule has 0 aliphatic rings. The molecule has 0 radical (unpaired) electrons. The highest BCUT2D eigenvalue weighted by atomic mass is 16.3. The van der Waals surface area contributed by atoms with Crippen LogP contribution in [0.15, 0.2) is 0 Å². The first-order chi connectivity index (χ1) is 9.78. The summed E-state index contributed by atoms with van der Waals surface area (Å²) in [6.45, 7) is 10.5. The van der Waals surface area contributed by atoms with Crippen LogP contribution >= 0.6 is 0 Å². The standard InChI is InChI=1S/C16H36N2O2/c1-3-5-7-9-17(10-8-6-4-2)11-12-18(13-15-19)14-16-20/h19-20H,3-16H2,1-2H3. The van der Waals surface area contributed by atoms with Gasteiger partial charge in [0.05, 0.1) is 13.2 Å². The summed E-state index contributed by atoms with van der Waals surface area (Å²) < 4.78 is 0. The number of rotatable bonds is 15. The Labute approximate surface area is 125 Å². The van der Waals surface area contributed by atoms with Crippen LogP contribution in [0.3, 0.4) is 0 Å². The van der Waals surface area contributed by atoms with Crippen LogP contribution in [0.4, 0.5) is 0 Å². The fraction of sp³-hybridized carbons (Fsp3) is 1.00. The highest BCUT2D eigenvalue weighted by Crippen LogP contribution is 2.03. The lowest BCUT2D eigenvalue weighted by molar-refractivity contribution is 0.141. The summed E-state index contributed by atoms with van der Waals surface area (Å²) in [6, 6.07) is 0. The normalized spacial score (nSPS) is 11.7. The van der Waals surface area contributed by atoms with E-state index in [0.29, 0.717) is 13.1 Å². The number of aliphatic hydroxyl groups is 2. The van der Waals surface area contributed by atoms with E-state index in [1.54, 1.807) is 0 Å². The van der Waals surface area contributed by atoms with Crippen LogP contribution < -0.4 is 0 Å². The van der Waals surface area contributed by atoms with Crippen molar-refractivity contribution >= 4 is 0 Å². The summed E-state index contributed by atoms with van der Waals surface area (Å²) in [5, 5.41) is 18.1. The van der Waals surface area contributed by atoms with Crippen molar-refractivity contribution in [2.24, 2.45) is 0 Å². The molecular weight excluding hydrogens is 252 g/mol. The molecule has 0 aromatic heterocycles. The maximum atomic E-state index is 9.04. The van der Waals surface area contributed by atoms with Crippen molar-refractivity contribution in [2.75, 3.05) is 52.5 Å². The van der Waals surface area contributed by atoms with Crippen molar-refractivity contribution in [2.45, 2.75) is 52.4 Å². The van der Waals surface area contributed by atoms with Gasteiger partial charge in [-0.3, -0.25) is 4.90 Å². The zero-order valence-electron chi connectivity index (χ0n) is 13.7. The van der Waals surface area contributed by atoms with Crippen LogP contribution in [-0.2, 0) is 0 Å². The molecule has 0 saturated carbocycles. The van der Waals surface area contributed by atoms with Crippen molar-refractivity contribution in [1.29, 1.82) is 0 Å². The molecule has 0 amide bonds. The third-order valence-corrected chi connectivity index (χ3v) is 3.72. The van der Waals surface area contributed by atoms with Gasteiger partial charge >= 0.3 is 0 Å². The minimum Gasteiger partial charge on any atom is -0.395 e. The highest BCUT2D eigenvalue weighted by Gasteiger charge is 2.08. The largest absolute Gasteiger partial charge is 0.395 e. The van der Waals surface area contributed by atoms with E-state index in [1.807, 2.05) is 0 Å². The van der Waals surface area contributed by atoms with Gasteiger partial charge in [-0.25, -0.2) is 0 Å². The lowest BCUT2D eigenvalue weighted by Gasteiger charge is -2.27. The van der Waals surface area contributed by atoms with Crippen molar-refractivity contribution in [3.8, 4) is 0 Å². The van der Waals surface area contributed by atoms with E-state index in [0.717, 1.165) is 13.1 Å². The molecule has 0 aliphatic heterocycles. The average molecular weight is 288 g/mol. The quantitative estimate of drug-likeness (QED) is 0.452. The van der Waals surface area contributed by atoms with E-state index in [4.69, 9.17) is 10.2 Å². The topological polar surface area (TPSA) is 46.9 Å². The van der Waals surface area contributed by atoms with Gasteiger partial charge in [0.1, 0.15) is 0 Å². The number of nitrogens with zero attached hydrogens (tertiary/aromatic N) is 2. The average Bonchev–Trinajstić information content (AvgIpc) is 2.45. The third kappa shape index (κ3) is 11.6. The SMILES string of the molecule is CCCCCN(CCCCC)CCN(CCO)CCO. The smallest absolute Gasteiger partial charge is 0.0558 e. The summed E-state index contributed by atoms with van der Waals surface area (Å²) in [5.74, 6) is 0. The Morgan fingerprint density at radius 2 is 0.950 bits per heavy atom. The zero-order chi connectivity index (χ0) is 15.1. The second-order valence-corrected chi connectivity index (χ2v) is 5.54. The van der Waals surface area contributed by atoms with Crippen LogP contribution in [-0.4, -0.2) is 72.5 Å². The Morgan fingerprint density at radius 3 is 1.30 bits per heavy atom. The first-order valence-corrected chi connectivity index (χ1v) is 8.44. The van der Waals surface area contributed by atoms with Crippen LogP contribution in [0.2, 0.25) is 0 Å². The van der Waals surface area contributed by atoms with E-state index < -0.39 is 0 Å². The molecule has 4 nitrogen and oxygen atoms in total. The second kappa shape index (κ2) is 15.2. The van der Waals surface area contributed by atoms with Gasteiger partial charge in [-0.05, 0) is 25.9 Å². The summed E-state index contributed by atoms with van der Waals surface area (Å²) >= 11 is 0. The maximum absolute atomic E-state index is 9.04. The Bertz CT molecular complexity index is 175. The Hall–Kier alpha value is -0.160. The molecule has 0 spiro atoms. The van der Waals surface area contributed by atoms with E-state index in [2.05, 4.69) is 23.6 Å². The van der Waals surface area contributed by atoms with E-state index in [9.17, 15) is 0 Å². The van der Waals surface area contributed by atoms with Gasteiger partial charge < -0.3 is 15.1 Å². The molecule has 20 heavy (non-hydrogen) atoms. The second-order valence-electron chi connectivity index (χ2n) is 5.54.